The fraction of sp³-hybridized carbons (Fsp3) is 0.435. The number of carbonyl (C=O) groups is 1. The van der Waals surface area contributed by atoms with Crippen LogP contribution in [0.5, 0.6) is 11.5 Å². The van der Waals surface area contributed by atoms with E-state index in [0.29, 0.717) is 17.7 Å². The lowest BCUT2D eigenvalue weighted by Gasteiger charge is -2.61. The Morgan fingerprint density at radius 1 is 0.966 bits per heavy atom. The number of anilines is 3. The van der Waals surface area contributed by atoms with Crippen LogP contribution in [-0.2, 0) is 14.8 Å². The predicted octanol–water partition coefficient (Wildman–Crippen LogP) is 7.29. The largest absolute Gasteiger partial charge is 0.455 e. The molecule has 59 heavy (non-hydrogen) atoms. The van der Waals surface area contributed by atoms with Crippen molar-refractivity contribution >= 4 is 44.0 Å². The highest BCUT2D eigenvalue weighted by atomic mass is 32.2. The van der Waals surface area contributed by atoms with Crippen LogP contribution < -0.4 is 24.6 Å². The second-order valence-electron chi connectivity index (χ2n) is 17.6. The van der Waals surface area contributed by atoms with E-state index in [1.165, 1.54) is 37.4 Å². The Morgan fingerprint density at radius 2 is 1.80 bits per heavy atom. The highest BCUT2D eigenvalue weighted by molar-refractivity contribution is 7.90. The summed E-state index contributed by atoms with van der Waals surface area (Å²) < 4.78 is 41.5. The molecular formula is C46H53N7O5S. The number of carbonyl (C=O) groups excluding carboxylic acids is 1. The number of para-hydroxylation sites is 1. The first-order chi connectivity index (χ1) is 28.7. The van der Waals surface area contributed by atoms with Crippen LogP contribution in [0.3, 0.4) is 0 Å². The Kier molecular flexibility index (Phi) is 10.0. The van der Waals surface area contributed by atoms with Crippen molar-refractivity contribution in [3.8, 4) is 11.5 Å². The van der Waals surface area contributed by atoms with Crippen LogP contribution >= 0.6 is 0 Å². The number of nitrogens with zero attached hydrogens (tertiary/aromatic N) is 4. The molecule has 0 radical (unpaired) electrons. The van der Waals surface area contributed by atoms with Crippen molar-refractivity contribution in [1.82, 2.24) is 19.6 Å². The molecule has 1 aliphatic carbocycles. The Morgan fingerprint density at radius 3 is 2.61 bits per heavy atom. The summed E-state index contributed by atoms with van der Waals surface area (Å²) in [4.78, 5) is 29.1. The predicted molar refractivity (Wildman–Crippen MR) is 230 cm³/mol. The summed E-state index contributed by atoms with van der Waals surface area (Å²) in [5.74, 6) is 1.20. The Balaban J connectivity index is 0.815. The summed E-state index contributed by atoms with van der Waals surface area (Å²) >= 11 is 0. The van der Waals surface area contributed by atoms with Gasteiger partial charge < -0.3 is 29.6 Å². The molecular weight excluding hydrogens is 763 g/mol. The molecule has 1 saturated carbocycles. The molecule has 0 bridgehead atoms. The molecule has 1 atom stereocenters. The van der Waals surface area contributed by atoms with Crippen LogP contribution in [-0.4, -0.2) is 94.3 Å². The number of aryl methyl sites for hydroxylation is 1. The summed E-state index contributed by atoms with van der Waals surface area (Å²) in [6.45, 7) is 10.4. The fourth-order valence-corrected chi connectivity index (χ4v) is 10.9. The highest BCUT2D eigenvalue weighted by Crippen LogP contribution is 2.47. The van der Waals surface area contributed by atoms with Crippen LogP contribution in [0, 0.1) is 18.3 Å². The van der Waals surface area contributed by atoms with Crippen LogP contribution in [0.15, 0.2) is 90.1 Å². The lowest BCUT2D eigenvalue weighted by Crippen LogP contribution is -2.73. The first-order valence-corrected chi connectivity index (χ1v) is 22.7. The maximum atomic E-state index is 13.9. The van der Waals surface area contributed by atoms with Gasteiger partial charge in [-0.3, -0.25) is 9.69 Å². The first kappa shape index (κ1) is 38.1. The molecule has 308 valence electrons. The number of aromatic amines is 1. The second kappa shape index (κ2) is 15.5. The standard InChI is InChI=1S/C46H53N7O5S/c1-31-21-38(11-13-41(31)48-24-32-15-19-57-20-16-32)59(55,56)50-45(54)40-12-10-35(23-43(40)58-37-22-34-14-17-47-44(34)49-25-37)52-29-46(30-52)27-51(28-46)26-36-5-4-18-53(36)42-7-3-2-6-39(42)33-8-9-33/h2-3,6-7,10-14,17,21-23,25,32-33,36,48H,4-5,8-9,15-16,18-20,24,26-30H2,1H3,(H,47,49)(H,50,54). The zero-order valence-corrected chi connectivity index (χ0v) is 34.5. The smallest absolute Gasteiger partial charge is 0.268 e. The number of aromatic nitrogens is 2. The van der Waals surface area contributed by atoms with Gasteiger partial charge in [0, 0.05) is 105 Å². The van der Waals surface area contributed by atoms with Gasteiger partial charge in [-0.15, -0.1) is 0 Å². The number of fused-ring (bicyclic) bond motifs is 1. The molecule has 4 aliphatic heterocycles. The molecule has 5 aromatic rings. The van der Waals surface area contributed by atoms with Crippen LogP contribution in [0.4, 0.5) is 17.1 Å². The number of hydrogen-bond donors (Lipinski definition) is 3. The summed E-state index contributed by atoms with van der Waals surface area (Å²) in [6.07, 6.45) is 10.5. The molecule has 5 fully saturated rings. The van der Waals surface area contributed by atoms with E-state index in [2.05, 4.69) is 59.0 Å². The van der Waals surface area contributed by atoms with Crippen molar-refractivity contribution in [2.75, 3.05) is 74.1 Å². The lowest BCUT2D eigenvalue weighted by atomic mass is 9.72. The molecule has 1 amide bonds. The third kappa shape index (κ3) is 7.87. The van der Waals surface area contributed by atoms with Gasteiger partial charge in [0.15, 0.2) is 0 Å². The van der Waals surface area contributed by atoms with Crippen molar-refractivity contribution < 1.29 is 22.7 Å². The molecule has 12 nitrogen and oxygen atoms in total. The minimum atomic E-state index is -4.20. The van der Waals surface area contributed by atoms with Gasteiger partial charge in [-0.05, 0) is 117 Å². The summed E-state index contributed by atoms with van der Waals surface area (Å²) in [6, 6.07) is 23.7. The molecule has 5 aliphatic rings. The number of amides is 1. The third-order valence-electron chi connectivity index (χ3n) is 13.1. The first-order valence-electron chi connectivity index (χ1n) is 21.3. The normalized spacial score (nSPS) is 20.7. The maximum Gasteiger partial charge on any atom is 0.268 e. The van der Waals surface area contributed by atoms with E-state index in [0.717, 1.165) is 106 Å². The topological polar surface area (TPSA) is 132 Å². The van der Waals surface area contributed by atoms with Gasteiger partial charge in [0.05, 0.1) is 16.7 Å². The maximum absolute atomic E-state index is 13.9. The SMILES string of the molecule is Cc1cc(S(=O)(=O)NC(=O)c2ccc(N3CC4(CN(CC5CCCN5c5ccccc5C5CC5)C4)C3)cc2Oc2cnc3[nH]ccc3c2)ccc1NCC1CCOCC1. The quantitative estimate of drug-likeness (QED) is 0.111. The molecule has 1 spiro atoms. The van der Waals surface area contributed by atoms with Crippen molar-refractivity contribution in [3.63, 3.8) is 0 Å². The number of likely N-dealkylation sites (tertiary alicyclic amines) is 1. The van der Waals surface area contributed by atoms with Crippen LogP contribution in [0.1, 0.15) is 65.9 Å². The number of pyridine rings is 1. The van der Waals surface area contributed by atoms with Crippen molar-refractivity contribution in [2.24, 2.45) is 11.3 Å². The van der Waals surface area contributed by atoms with Gasteiger partial charge in [-0.2, -0.15) is 0 Å². The summed E-state index contributed by atoms with van der Waals surface area (Å²) in [7, 11) is -4.20. The van der Waals surface area contributed by atoms with Crippen molar-refractivity contribution in [2.45, 2.75) is 62.3 Å². The average Bonchev–Trinajstić information content (AvgIpc) is 3.77. The molecule has 4 saturated heterocycles. The number of ether oxygens (including phenoxy) is 2. The van der Waals surface area contributed by atoms with Gasteiger partial charge in [-0.1, -0.05) is 18.2 Å². The van der Waals surface area contributed by atoms with Gasteiger partial charge in [0.2, 0.25) is 0 Å². The lowest BCUT2D eigenvalue weighted by molar-refractivity contribution is -0.0244. The molecule has 6 heterocycles. The zero-order chi connectivity index (χ0) is 40.1. The summed E-state index contributed by atoms with van der Waals surface area (Å²) in [5, 5.41) is 4.33. The van der Waals surface area contributed by atoms with E-state index in [9.17, 15) is 13.2 Å². The molecule has 2 aromatic heterocycles. The van der Waals surface area contributed by atoms with E-state index in [1.54, 1.807) is 30.0 Å². The fourth-order valence-electron chi connectivity index (χ4n) is 9.83. The molecule has 3 N–H and O–H groups in total. The highest BCUT2D eigenvalue weighted by Gasteiger charge is 2.52. The van der Waals surface area contributed by atoms with Crippen molar-refractivity contribution in [1.29, 1.82) is 0 Å². The summed E-state index contributed by atoms with van der Waals surface area (Å²) in [5.41, 5.74) is 6.66. The molecule has 13 heteroatoms. The van der Waals surface area contributed by atoms with Gasteiger partial charge in [0.1, 0.15) is 17.1 Å². The van der Waals surface area contributed by atoms with E-state index in [-0.39, 0.29) is 21.6 Å². The number of benzene rings is 3. The number of H-pyrrole nitrogens is 1. The monoisotopic (exact) mass is 815 g/mol. The average molecular weight is 816 g/mol. The van der Waals surface area contributed by atoms with Crippen LogP contribution in [0.2, 0.25) is 0 Å². The van der Waals surface area contributed by atoms with Gasteiger partial charge >= 0.3 is 0 Å². The molecule has 3 aromatic carbocycles. The Hall–Kier alpha value is -5.11. The van der Waals surface area contributed by atoms with E-state index in [1.807, 2.05) is 37.4 Å². The molecule has 10 rings (SSSR count). The van der Waals surface area contributed by atoms with Gasteiger partial charge in [-0.25, -0.2) is 18.1 Å². The number of sulfonamides is 1. The third-order valence-corrected chi connectivity index (χ3v) is 14.4. The zero-order valence-electron chi connectivity index (χ0n) is 33.7. The number of rotatable bonds is 13. The number of nitrogens with one attached hydrogen (secondary N) is 3. The van der Waals surface area contributed by atoms with E-state index >= 15 is 0 Å². The van der Waals surface area contributed by atoms with Crippen LogP contribution in [0.25, 0.3) is 11.0 Å². The number of hydrogen-bond acceptors (Lipinski definition) is 10. The second-order valence-corrected chi connectivity index (χ2v) is 19.2. The van der Waals surface area contributed by atoms with E-state index in [4.69, 9.17) is 9.47 Å². The Bertz CT molecular complexity index is 2460. The molecule has 1 unspecified atom stereocenters. The minimum absolute atomic E-state index is 0.0188. The minimum Gasteiger partial charge on any atom is -0.455 e. The van der Waals surface area contributed by atoms with Crippen molar-refractivity contribution in [3.05, 3.63) is 102 Å². The van der Waals surface area contributed by atoms with Gasteiger partial charge in [0.25, 0.3) is 15.9 Å². The Labute approximate surface area is 346 Å². The van der Waals surface area contributed by atoms with E-state index < -0.39 is 15.9 Å².